The molecule has 4 aromatic rings. The van der Waals surface area contributed by atoms with Crippen molar-refractivity contribution in [1.29, 1.82) is 0 Å². The van der Waals surface area contributed by atoms with Gasteiger partial charge in [0.2, 0.25) is 6.79 Å². The van der Waals surface area contributed by atoms with Gasteiger partial charge in [-0.1, -0.05) is 48.5 Å². The predicted octanol–water partition coefficient (Wildman–Crippen LogP) is 5.53. The summed E-state index contributed by atoms with van der Waals surface area (Å²) in [6.07, 6.45) is 1.13. The number of nitrogens with zero attached hydrogens (tertiary/aromatic N) is 2. The molecule has 2 aliphatic heterocycles. The molecule has 2 aliphatic rings. The predicted molar refractivity (Wildman–Crippen MR) is 146 cm³/mol. The highest BCUT2D eigenvalue weighted by Crippen LogP contribution is 2.33. The largest absolute Gasteiger partial charge is 0.454 e. The lowest BCUT2D eigenvalue weighted by molar-refractivity contribution is 0.102. The van der Waals surface area contributed by atoms with E-state index in [0.717, 1.165) is 73.6 Å². The van der Waals surface area contributed by atoms with Crippen LogP contribution in [0.3, 0.4) is 0 Å². The van der Waals surface area contributed by atoms with Crippen molar-refractivity contribution in [1.82, 2.24) is 9.80 Å². The number of ether oxygens (including phenoxy) is 2. The standard InChI is InChI=1S/C31H31N3O3/c35-31(27-11-10-25-6-1-2-7-26(25)19-27)32-28-8-3-5-23(17-28)20-33-13-4-14-34(16-15-33)21-24-9-12-29-30(18-24)37-22-36-29/h1-3,5-12,17-19H,4,13-16,20-22H2,(H,32,35). The third kappa shape index (κ3) is 5.61. The van der Waals surface area contributed by atoms with Crippen molar-refractivity contribution in [2.24, 2.45) is 0 Å². The van der Waals surface area contributed by atoms with Crippen LogP contribution in [0.5, 0.6) is 11.5 Å². The van der Waals surface area contributed by atoms with E-state index < -0.39 is 0 Å². The zero-order valence-electron chi connectivity index (χ0n) is 20.9. The molecule has 0 aliphatic carbocycles. The molecule has 188 valence electrons. The summed E-state index contributed by atoms with van der Waals surface area (Å²) >= 11 is 0. The zero-order valence-corrected chi connectivity index (χ0v) is 20.9. The first-order valence-electron chi connectivity index (χ1n) is 12.9. The fourth-order valence-corrected chi connectivity index (χ4v) is 5.18. The molecule has 1 saturated heterocycles. The molecule has 1 amide bonds. The van der Waals surface area contributed by atoms with Crippen LogP contribution in [0.15, 0.2) is 84.9 Å². The Hall–Kier alpha value is -3.87. The molecule has 0 unspecified atom stereocenters. The number of hydrogen-bond acceptors (Lipinski definition) is 5. The van der Waals surface area contributed by atoms with Crippen LogP contribution in [0.2, 0.25) is 0 Å². The van der Waals surface area contributed by atoms with Gasteiger partial charge in [-0.3, -0.25) is 14.6 Å². The smallest absolute Gasteiger partial charge is 0.255 e. The van der Waals surface area contributed by atoms with E-state index in [1.165, 1.54) is 11.1 Å². The van der Waals surface area contributed by atoms with Gasteiger partial charge in [0, 0.05) is 37.4 Å². The molecule has 0 bridgehead atoms. The Bertz CT molecular complexity index is 1420. The zero-order chi connectivity index (χ0) is 25.0. The number of carbonyl (C=O) groups is 1. The van der Waals surface area contributed by atoms with E-state index in [1.54, 1.807) is 0 Å². The summed E-state index contributed by atoms with van der Waals surface area (Å²) in [7, 11) is 0. The summed E-state index contributed by atoms with van der Waals surface area (Å²) in [5, 5.41) is 5.28. The molecular formula is C31H31N3O3. The highest BCUT2D eigenvalue weighted by atomic mass is 16.7. The lowest BCUT2D eigenvalue weighted by Crippen LogP contribution is -2.30. The first kappa shape index (κ1) is 23.5. The average Bonchev–Trinajstić information content (AvgIpc) is 3.28. The molecule has 6 rings (SSSR count). The first-order chi connectivity index (χ1) is 18.2. The fourth-order valence-electron chi connectivity index (χ4n) is 5.18. The molecule has 2 heterocycles. The third-order valence-electron chi connectivity index (χ3n) is 7.13. The summed E-state index contributed by atoms with van der Waals surface area (Å²) in [6, 6.07) is 28.4. The summed E-state index contributed by atoms with van der Waals surface area (Å²) in [5.41, 5.74) is 3.96. The van der Waals surface area contributed by atoms with Crippen LogP contribution in [0.25, 0.3) is 10.8 Å². The number of amides is 1. The van der Waals surface area contributed by atoms with Gasteiger partial charge in [0.25, 0.3) is 5.91 Å². The van der Waals surface area contributed by atoms with Crippen LogP contribution in [-0.4, -0.2) is 48.7 Å². The van der Waals surface area contributed by atoms with Crippen molar-refractivity contribution in [3.05, 3.63) is 102 Å². The van der Waals surface area contributed by atoms with E-state index in [1.807, 2.05) is 54.6 Å². The van der Waals surface area contributed by atoms with Crippen LogP contribution in [0, 0.1) is 0 Å². The van der Waals surface area contributed by atoms with Crippen LogP contribution >= 0.6 is 0 Å². The number of carbonyl (C=O) groups excluding carboxylic acids is 1. The summed E-state index contributed by atoms with van der Waals surface area (Å²) in [5.74, 6) is 1.60. The Morgan fingerprint density at radius 3 is 2.30 bits per heavy atom. The molecule has 37 heavy (non-hydrogen) atoms. The maximum atomic E-state index is 12.9. The van der Waals surface area contributed by atoms with Gasteiger partial charge in [-0.25, -0.2) is 0 Å². The highest BCUT2D eigenvalue weighted by Gasteiger charge is 2.18. The van der Waals surface area contributed by atoms with Gasteiger partial charge in [-0.2, -0.15) is 0 Å². The van der Waals surface area contributed by atoms with Crippen LogP contribution in [0.4, 0.5) is 5.69 Å². The number of rotatable bonds is 6. The van der Waals surface area contributed by atoms with Crippen molar-refractivity contribution in [3.8, 4) is 11.5 Å². The molecule has 0 radical (unpaired) electrons. The topological polar surface area (TPSA) is 54.0 Å². The van der Waals surface area contributed by atoms with Crippen molar-refractivity contribution < 1.29 is 14.3 Å². The first-order valence-corrected chi connectivity index (χ1v) is 12.9. The van der Waals surface area contributed by atoms with Crippen molar-refractivity contribution >= 4 is 22.4 Å². The van der Waals surface area contributed by atoms with Crippen LogP contribution in [0.1, 0.15) is 27.9 Å². The minimum Gasteiger partial charge on any atom is -0.454 e. The molecule has 0 atom stereocenters. The van der Waals surface area contributed by atoms with E-state index in [-0.39, 0.29) is 5.91 Å². The van der Waals surface area contributed by atoms with Gasteiger partial charge in [0.05, 0.1) is 0 Å². The maximum Gasteiger partial charge on any atom is 0.255 e. The second-order valence-electron chi connectivity index (χ2n) is 9.81. The van der Waals surface area contributed by atoms with Gasteiger partial charge in [-0.05, 0) is 77.8 Å². The van der Waals surface area contributed by atoms with E-state index in [9.17, 15) is 4.79 Å². The minimum absolute atomic E-state index is 0.0863. The number of hydrogen-bond donors (Lipinski definition) is 1. The summed E-state index contributed by atoms with van der Waals surface area (Å²) < 4.78 is 11.0. The van der Waals surface area contributed by atoms with Crippen molar-refractivity contribution in [2.45, 2.75) is 19.5 Å². The Balaban J connectivity index is 1.05. The normalized spacial score (nSPS) is 16.0. The molecule has 4 aromatic carbocycles. The van der Waals surface area contributed by atoms with Gasteiger partial charge in [0.1, 0.15) is 0 Å². The second-order valence-corrected chi connectivity index (χ2v) is 9.81. The quantitative estimate of drug-likeness (QED) is 0.383. The fraction of sp³-hybridized carbons (Fsp3) is 0.258. The second kappa shape index (κ2) is 10.6. The number of fused-ring (bicyclic) bond motifs is 2. The SMILES string of the molecule is O=C(Nc1cccc(CN2CCCN(Cc3ccc4c(c3)OCO4)CC2)c1)c1ccc2ccccc2c1. The highest BCUT2D eigenvalue weighted by molar-refractivity contribution is 6.06. The maximum absolute atomic E-state index is 12.9. The third-order valence-corrected chi connectivity index (χ3v) is 7.13. The van der Waals surface area contributed by atoms with E-state index in [0.29, 0.717) is 12.4 Å². The Morgan fingerprint density at radius 2 is 1.46 bits per heavy atom. The Morgan fingerprint density at radius 1 is 0.703 bits per heavy atom. The van der Waals surface area contributed by atoms with Crippen molar-refractivity contribution in [3.63, 3.8) is 0 Å². The van der Waals surface area contributed by atoms with Gasteiger partial charge < -0.3 is 14.8 Å². The number of nitrogens with one attached hydrogen (secondary N) is 1. The van der Waals surface area contributed by atoms with Crippen LogP contribution in [-0.2, 0) is 13.1 Å². The molecule has 6 heteroatoms. The van der Waals surface area contributed by atoms with Gasteiger partial charge >= 0.3 is 0 Å². The lowest BCUT2D eigenvalue weighted by Gasteiger charge is -2.22. The van der Waals surface area contributed by atoms with E-state index in [4.69, 9.17) is 9.47 Å². The Labute approximate surface area is 217 Å². The number of benzene rings is 4. The monoisotopic (exact) mass is 493 g/mol. The van der Waals surface area contributed by atoms with E-state index >= 15 is 0 Å². The molecule has 0 aromatic heterocycles. The molecule has 0 saturated carbocycles. The van der Waals surface area contributed by atoms with E-state index in [2.05, 4.69) is 45.4 Å². The molecule has 0 spiro atoms. The molecule has 1 fully saturated rings. The molecule has 6 nitrogen and oxygen atoms in total. The van der Waals surface area contributed by atoms with Gasteiger partial charge in [0.15, 0.2) is 11.5 Å². The number of anilines is 1. The van der Waals surface area contributed by atoms with Crippen molar-refractivity contribution in [2.75, 3.05) is 38.3 Å². The summed E-state index contributed by atoms with van der Waals surface area (Å²) in [4.78, 5) is 17.9. The minimum atomic E-state index is -0.0863. The molecular weight excluding hydrogens is 462 g/mol. The average molecular weight is 494 g/mol. The molecule has 1 N–H and O–H groups in total. The van der Waals surface area contributed by atoms with Crippen LogP contribution < -0.4 is 14.8 Å². The van der Waals surface area contributed by atoms with Gasteiger partial charge in [-0.15, -0.1) is 0 Å². The summed E-state index contributed by atoms with van der Waals surface area (Å²) in [6.45, 7) is 6.27. The Kier molecular flexibility index (Phi) is 6.76. The lowest BCUT2D eigenvalue weighted by atomic mass is 10.1.